The molecule has 178 valence electrons. The van der Waals surface area contributed by atoms with Gasteiger partial charge < -0.3 is 24.4 Å². The quantitative estimate of drug-likeness (QED) is 0.423. The first-order chi connectivity index (χ1) is 17.1. The Kier molecular flexibility index (Phi) is 5.54. The first kappa shape index (κ1) is 21.9. The molecule has 0 aliphatic carbocycles. The normalized spacial score (nSPS) is 16.6. The van der Waals surface area contributed by atoms with Gasteiger partial charge in [-0.25, -0.2) is 9.78 Å². The number of ether oxygens (including phenoxy) is 3. The fourth-order valence-corrected chi connectivity index (χ4v) is 6.70. The third-order valence-corrected chi connectivity index (χ3v) is 8.22. The lowest BCUT2D eigenvalue weighted by molar-refractivity contribution is -0.125. The van der Waals surface area contributed by atoms with E-state index in [2.05, 4.69) is 5.32 Å². The van der Waals surface area contributed by atoms with E-state index < -0.39 is 6.10 Å². The van der Waals surface area contributed by atoms with E-state index in [4.69, 9.17) is 19.2 Å². The molecule has 1 unspecified atom stereocenters. The maximum atomic E-state index is 13.3. The van der Waals surface area contributed by atoms with Crippen molar-refractivity contribution in [2.24, 2.45) is 0 Å². The van der Waals surface area contributed by atoms with Gasteiger partial charge in [-0.1, -0.05) is 24.3 Å². The Labute approximate surface area is 209 Å². The molecule has 1 N–H and O–H groups in total. The maximum Gasteiger partial charge on any atom is 0.409 e. The van der Waals surface area contributed by atoms with Crippen LogP contribution in [0.2, 0.25) is 0 Å². The zero-order valence-electron chi connectivity index (χ0n) is 18.8. The van der Waals surface area contributed by atoms with Crippen molar-refractivity contribution in [2.45, 2.75) is 19.1 Å². The van der Waals surface area contributed by atoms with Gasteiger partial charge in [-0.3, -0.25) is 4.79 Å². The number of aromatic nitrogens is 1. The fourth-order valence-electron chi connectivity index (χ4n) is 4.32. The van der Waals surface area contributed by atoms with Crippen molar-refractivity contribution in [2.75, 3.05) is 25.6 Å². The molecule has 0 spiro atoms. The molecule has 0 radical (unpaired) electrons. The first-order valence-electron chi connectivity index (χ1n) is 11.1. The van der Waals surface area contributed by atoms with Crippen molar-refractivity contribution >= 4 is 49.9 Å². The van der Waals surface area contributed by atoms with Crippen molar-refractivity contribution in [3.05, 3.63) is 59.0 Å². The van der Waals surface area contributed by atoms with E-state index in [0.29, 0.717) is 36.0 Å². The Morgan fingerprint density at radius 1 is 1.11 bits per heavy atom. The highest BCUT2D eigenvalue weighted by atomic mass is 32.1. The standard InChI is InChI=1S/C25H21N3O5S2/c1-31-25(30)28-11-10-14-20(12-28)35-24(21(14)23-26-15-6-2-5-9-19(15)34-23)27-22(29)18-13-32-16-7-3-4-8-17(16)33-18/h2-9,18H,10-13H2,1H3,(H,27,29). The lowest BCUT2D eigenvalue weighted by Crippen LogP contribution is -2.40. The van der Waals surface area contributed by atoms with E-state index in [0.717, 1.165) is 31.2 Å². The summed E-state index contributed by atoms with van der Waals surface area (Å²) in [5.74, 6) is 0.885. The molecule has 2 aliphatic rings. The number of thiophene rings is 1. The molecule has 0 fully saturated rings. The minimum Gasteiger partial charge on any atom is -0.485 e. The molecule has 4 heterocycles. The number of para-hydroxylation sites is 3. The maximum absolute atomic E-state index is 13.3. The van der Waals surface area contributed by atoms with Crippen molar-refractivity contribution in [3.63, 3.8) is 0 Å². The molecule has 0 bridgehead atoms. The molecule has 4 aromatic rings. The Bertz CT molecular complexity index is 1410. The number of nitrogens with one attached hydrogen (secondary N) is 1. The summed E-state index contributed by atoms with van der Waals surface area (Å²) in [5, 5.41) is 4.62. The fraction of sp³-hybridized carbons (Fsp3) is 0.240. The van der Waals surface area contributed by atoms with Crippen LogP contribution in [0.25, 0.3) is 20.8 Å². The number of rotatable bonds is 3. The average molecular weight is 508 g/mol. The topological polar surface area (TPSA) is 90.0 Å². The highest BCUT2D eigenvalue weighted by Gasteiger charge is 2.32. The zero-order valence-corrected chi connectivity index (χ0v) is 20.4. The number of anilines is 1. The Morgan fingerprint density at radius 2 is 1.91 bits per heavy atom. The lowest BCUT2D eigenvalue weighted by Gasteiger charge is -2.25. The Balaban J connectivity index is 1.35. The highest BCUT2D eigenvalue weighted by molar-refractivity contribution is 7.23. The molecule has 0 saturated carbocycles. The molecule has 2 aliphatic heterocycles. The van der Waals surface area contributed by atoms with Crippen LogP contribution in [0.1, 0.15) is 10.4 Å². The molecule has 10 heteroatoms. The highest BCUT2D eigenvalue weighted by Crippen LogP contribution is 2.46. The second-order valence-electron chi connectivity index (χ2n) is 8.19. The molecule has 6 rings (SSSR count). The Hall–Kier alpha value is -3.63. The summed E-state index contributed by atoms with van der Waals surface area (Å²) in [4.78, 5) is 32.9. The monoisotopic (exact) mass is 507 g/mol. The summed E-state index contributed by atoms with van der Waals surface area (Å²) < 4.78 is 17.6. The average Bonchev–Trinajstić information content (AvgIpc) is 3.47. The lowest BCUT2D eigenvalue weighted by atomic mass is 10.0. The van der Waals surface area contributed by atoms with Gasteiger partial charge in [0, 0.05) is 17.0 Å². The van der Waals surface area contributed by atoms with E-state index in [1.807, 2.05) is 42.5 Å². The summed E-state index contributed by atoms with van der Waals surface area (Å²) in [6.07, 6.45) is -0.486. The number of carbonyl (C=O) groups is 2. The minimum atomic E-state index is -0.779. The molecule has 2 aromatic carbocycles. The number of thiazole rings is 1. The molecule has 0 saturated heterocycles. The molecule has 8 nitrogen and oxygen atoms in total. The summed E-state index contributed by atoms with van der Waals surface area (Å²) >= 11 is 3.06. The first-order valence-corrected chi connectivity index (χ1v) is 12.8. The summed E-state index contributed by atoms with van der Waals surface area (Å²) in [6, 6.07) is 15.3. The summed E-state index contributed by atoms with van der Waals surface area (Å²) in [5.41, 5.74) is 2.94. The number of nitrogens with zero attached hydrogens (tertiary/aromatic N) is 2. The van der Waals surface area contributed by atoms with Crippen LogP contribution in [0, 0.1) is 0 Å². The van der Waals surface area contributed by atoms with Crippen molar-refractivity contribution in [3.8, 4) is 22.1 Å². The van der Waals surface area contributed by atoms with Crippen LogP contribution in [-0.2, 0) is 22.5 Å². The van der Waals surface area contributed by atoms with Crippen LogP contribution >= 0.6 is 22.7 Å². The SMILES string of the molecule is COC(=O)N1CCc2c(sc(NC(=O)C3COc4ccccc4O3)c2-c2nc3ccccc3s2)C1. The van der Waals surface area contributed by atoms with E-state index in [1.165, 1.54) is 18.4 Å². The van der Waals surface area contributed by atoms with Gasteiger partial charge in [-0.05, 0) is 36.2 Å². The van der Waals surface area contributed by atoms with Crippen LogP contribution in [0.3, 0.4) is 0 Å². The third-order valence-electron chi connectivity index (χ3n) is 6.04. The van der Waals surface area contributed by atoms with Gasteiger partial charge in [-0.15, -0.1) is 22.7 Å². The van der Waals surface area contributed by atoms with Crippen molar-refractivity contribution in [1.29, 1.82) is 0 Å². The summed E-state index contributed by atoms with van der Waals surface area (Å²) in [6.45, 7) is 1.09. The predicted octanol–water partition coefficient (Wildman–Crippen LogP) is 4.93. The molecule has 1 atom stereocenters. The smallest absolute Gasteiger partial charge is 0.409 e. The second kappa shape index (κ2) is 8.86. The Morgan fingerprint density at radius 3 is 2.74 bits per heavy atom. The second-order valence-corrected chi connectivity index (χ2v) is 10.3. The van der Waals surface area contributed by atoms with E-state index >= 15 is 0 Å². The van der Waals surface area contributed by atoms with Crippen LogP contribution in [0.15, 0.2) is 48.5 Å². The number of benzene rings is 2. The number of hydrogen-bond acceptors (Lipinski definition) is 8. The van der Waals surface area contributed by atoms with Gasteiger partial charge in [0.25, 0.3) is 5.91 Å². The molecule has 35 heavy (non-hydrogen) atoms. The predicted molar refractivity (Wildman–Crippen MR) is 134 cm³/mol. The number of fused-ring (bicyclic) bond motifs is 3. The van der Waals surface area contributed by atoms with Crippen LogP contribution in [0.4, 0.5) is 9.80 Å². The van der Waals surface area contributed by atoms with Gasteiger partial charge in [0.15, 0.2) is 11.5 Å². The van der Waals surface area contributed by atoms with Crippen molar-refractivity contribution < 1.29 is 23.8 Å². The molecule has 2 amide bonds. The molecule has 2 aromatic heterocycles. The molecular formula is C25H21N3O5S2. The van der Waals surface area contributed by atoms with E-state index in [-0.39, 0.29) is 18.6 Å². The number of carbonyl (C=O) groups excluding carboxylic acids is 2. The number of amides is 2. The van der Waals surface area contributed by atoms with Gasteiger partial charge in [0.2, 0.25) is 6.10 Å². The summed E-state index contributed by atoms with van der Waals surface area (Å²) in [7, 11) is 1.38. The van der Waals surface area contributed by atoms with Gasteiger partial charge in [0.1, 0.15) is 16.6 Å². The van der Waals surface area contributed by atoms with Crippen LogP contribution in [0.5, 0.6) is 11.5 Å². The van der Waals surface area contributed by atoms with Gasteiger partial charge in [0.05, 0.1) is 23.9 Å². The van der Waals surface area contributed by atoms with Crippen LogP contribution in [-0.4, -0.2) is 48.2 Å². The number of hydrogen-bond donors (Lipinski definition) is 1. The minimum absolute atomic E-state index is 0.126. The van der Waals surface area contributed by atoms with E-state index in [9.17, 15) is 9.59 Å². The number of methoxy groups -OCH3 is 1. The molecular weight excluding hydrogens is 486 g/mol. The van der Waals surface area contributed by atoms with Crippen molar-refractivity contribution in [1.82, 2.24) is 9.88 Å². The zero-order chi connectivity index (χ0) is 23.9. The van der Waals surface area contributed by atoms with Gasteiger partial charge >= 0.3 is 6.09 Å². The van der Waals surface area contributed by atoms with E-state index in [1.54, 1.807) is 22.3 Å². The third kappa shape index (κ3) is 3.98. The van der Waals surface area contributed by atoms with Crippen LogP contribution < -0.4 is 14.8 Å². The largest absolute Gasteiger partial charge is 0.485 e. The van der Waals surface area contributed by atoms with Gasteiger partial charge in [-0.2, -0.15) is 0 Å².